The molecule has 1 aromatic carbocycles. The van der Waals surface area contributed by atoms with Crippen molar-refractivity contribution in [1.29, 1.82) is 5.26 Å². The van der Waals surface area contributed by atoms with Crippen LogP contribution in [-0.2, 0) is 4.79 Å². The van der Waals surface area contributed by atoms with Gasteiger partial charge in [0.25, 0.3) is 5.91 Å². The molecule has 2 bridgehead atoms. The van der Waals surface area contributed by atoms with Gasteiger partial charge >= 0.3 is 0 Å². The zero-order valence-corrected chi connectivity index (χ0v) is 20.1. The van der Waals surface area contributed by atoms with Crippen molar-refractivity contribution < 1.29 is 14.0 Å². The van der Waals surface area contributed by atoms with Crippen molar-refractivity contribution in [2.24, 2.45) is 5.92 Å². The van der Waals surface area contributed by atoms with E-state index < -0.39 is 11.7 Å². The fraction of sp³-hybridized carbons (Fsp3) is 0.269. The number of rotatable bonds is 5. The van der Waals surface area contributed by atoms with Crippen LogP contribution >= 0.6 is 0 Å². The van der Waals surface area contributed by atoms with Crippen molar-refractivity contribution in [3.8, 4) is 17.3 Å². The summed E-state index contributed by atoms with van der Waals surface area (Å²) in [7, 11) is 0. The molecular weight excluding hydrogens is 489 g/mol. The highest BCUT2D eigenvalue weighted by Gasteiger charge is 2.48. The van der Waals surface area contributed by atoms with Gasteiger partial charge in [0, 0.05) is 23.9 Å². The number of nitrogens with zero attached hydrogens (tertiary/aromatic N) is 7. The smallest absolute Gasteiger partial charge is 0.256 e. The standard InChI is InChI=1S/C26H22FN9O2/c27-17-11-15(26(38)33-20-3-1-2-8-30-20)4-5-16(17)23-22-24(29)31-13-32-25(22)36(34-23)19-10-14-9-18(19)35(12-14)21(37)6-7-28/h1-5,8,11,13-14,18-19H,6,9-10,12H2,(H2,29,31,32)(H,30,33,38)/t14-,18-,19+/m1/s1. The molecule has 0 spiro atoms. The van der Waals surface area contributed by atoms with E-state index in [0.29, 0.717) is 23.4 Å². The highest BCUT2D eigenvalue weighted by molar-refractivity contribution is 6.04. The Morgan fingerprint density at radius 2 is 2.00 bits per heavy atom. The second kappa shape index (κ2) is 9.19. The number of aromatic nitrogens is 5. The second-order valence-electron chi connectivity index (χ2n) is 9.47. The Morgan fingerprint density at radius 1 is 1.16 bits per heavy atom. The van der Waals surface area contributed by atoms with Crippen molar-refractivity contribution in [3.05, 3.63) is 60.3 Å². The van der Waals surface area contributed by atoms with Crippen LogP contribution in [0.5, 0.6) is 0 Å². The summed E-state index contributed by atoms with van der Waals surface area (Å²) in [6.45, 7) is 0.613. The number of hydrogen-bond acceptors (Lipinski definition) is 8. The lowest BCUT2D eigenvalue weighted by molar-refractivity contribution is -0.132. The van der Waals surface area contributed by atoms with Gasteiger partial charge in [-0.2, -0.15) is 10.4 Å². The Balaban J connectivity index is 1.37. The number of halogens is 1. The number of benzene rings is 1. The van der Waals surface area contributed by atoms with E-state index in [0.717, 1.165) is 18.9 Å². The van der Waals surface area contributed by atoms with Crippen LogP contribution in [0.15, 0.2) is 48.9 Å². The second-order valence-corrected chi connectivity index (χ2v) is 9.47. The number of pyridine rings is 1. The summed E-state index contributed by atoms with van der Waals surface area (Å²) < 4.78 is 17.2. The molecule has 1 aliphatic heterocycles. The van der Waals surface area contributed by atoms with Gasteiger partial charge in [0.15, 0.2) is 5.65 Å². The number of nitrogens with one attached hydrogen (secondary N) is 1. The Morgan fingerprint density at radius 3 is 2.74 bits per heavy atom. The number of carbonyl (C=O) groups excluding carboxylic acids is 2. The third-order valence-corrected chi connectivity index (χ3v) is 7.22. The largest absolute Gasteiger partial charge is 0.383 e. The molecule has 1 aliphatic carbocycles. The first-order valence-electron chi connectivity index (χ1n) is 12.1. The molecule has 11 nitrogen and oxygen atoms in total. The van der Waals surface area contributed by atoms with Gasteiger partial charge in [-0.15, -0.1) is 0 Å². The van der Waals surface area contributed by atoms with Crippen molar-refractivity contribution in [1.82, 2.24) is 29.6 Å². The van der Waals surface area contributed by atoms with Crippen LogP contribution in [0.1, 0.15) is 35.7 Å². The first-order chi connectivity index (χ1) is 18.4. The average molecular weight is 512 g/mol. The van der Waals surface area contributed by atoms with Gasteiger partial charge < -0.3 is 16.0 Å². The highest BCUT2D eigenvalue weighted by atomic mass is 19.1. The third kappa shape index (κ3) is 3.88. The molecule has 3 N–H and O–H groups in total. The number of hydrogen-bond donors (Lipinski definition) is 2. The minimum atomic E-state index is -0.660. The van der Waals surface area contributed by atoms with Crippen molar-refractivity contribution >= 4 is 34.5 Å². The van der Waals surface area contributed by atoms with Gasteiger partial charge in [-0.25, -0.2) is 24.0 Å². The Labute approximate surface area is 216 Å². The van der Waals surface area contributed by atoms with Crippen LogP contribution in [0.2, 0.25) is 0 Å². The zero-order valence-electron chi connectivity index (χ0n) is 20.1. The van der Waals surface area contributed by atoms with E-state index in [1.54, 1.807) is 34.0 Å². The quantitative estimate of drug-likeness (QED) is 0.414. The Bertz CT molecular complexity index is 1610. The summed E-state index contributed by atoms with van der Waals surface area (Å²) in [6, 6.07) is 10.8. The molecule has 6 rings (SSSR count). The number of carbonyl (C=O) groups is 2. The van der Waals surface area contributed by atoms with E-state index in [-0.39, 0.29) is 53.0 Å². The summed E-state index contributed by atoms with van der Waals surface area (Å²) in [5.74, 6) is -0.592. The molecule has 4 aromatic rings. The van der Waals surface area contributed by atoms with Crippen molar-refractivity contribution in [2.75, 3.05) is 17.6 Å². The topological polar surface area (TPSA) is 156 Å². The molecule has 0 unspecified atom stereocenters. The highest BCUT2D eigenvalue weighted by Crippen LogP contribution is 2.46. The van der Waals surface area contributed by atoms with Crippen molar-refractivity contribution in [3.63, 3.8) is 0 Å². The summed E-state index contributed by atoms with van der Waals surface area (Å²) >= 11 is 0. The number of nitrogens with two attached hydrogens (primary N) is 1. The molecule has 2 aliphatic rings. The van der Waals surface area contributed by atoms with Gasteiger partial charge in [0.1, 0.15) is 35.9 Å². The van der Waals surface area contributed by atoms with E-state index in [2.05, 4.69) is 20.3 Å². The molecule has 0 radical (unpaired) electrons. The van der Waals surface area contributed by atoms with Gasteiger partial charge in [-0.05, 0) is 49.1 Å². The fourth-order valence-electron chi connectivity index (χ4n) is 5.60. The SMILES string of the molecule is N#CCC(=O)N1C[C@@H]2C[C@@H]1[C@@H](n1nc(-c3ccc(C(=O)Nc4ccccn4)cc3F)c3c(N)ncnc31)C2. The maximum Gasteiger partial charge on any atom is 0.256 e. The summed E-state index contributed by atoms with van der Waals surface area (Å²) in [4.78, 5) is 39.5. The predicted octanol–water partition coefficient (Wildman–Crippen LogP) is 2.94. The van der Waals surface area contributed by atoms with E-state index >= 15 is 4.39 Å². The number of amides is 2. The minimum Gasteiger partial charge on any atom is -0.383 e. The number of piperidine rings is 1. The van der Waals surface area contributed by atoms with Gasteiger partial charge in [0.2, 0.25) is 5.91 Å². The number of nitrogen functional groups attached to an aromatic ring is 1. The molecule has 3 aromatic heterocycles. The van der Waals surface area contributed by atoms with E-state index in [1.807, 2.05) is 6.07 Å². The summed E-state index contributed by atoms with van der Waals surface area (Å²) in [5.41, 5.74) is 7.17. The number of likely N-dealkylation sites (tertiary alicyclic amines) is 1. The van der Waals surface area contributed by atoms with E-state index in [4.69, 9.17) is 16.1 Å². The Hall–Kier alpha value is -4.92. The first-order valence-corrected chi connectivity index (χ1v) is 12.1. The van der Waals surface area contributed by atoms with Gasteiger partial charge in [-0.1, -0.05) is 6.07 Å². The van der Waals surface area contributed by atoms with E-state index in [1.165, 1.54) is 18.5 Å². The van der Waals surface area contributed by atoms with Crippen LogP contribution in [0.3, 0.4) is 0 Å². The van der Waals surface area contributed by atoms with Crippen molar-refractivity contribution in [2.45, 2.75) is 31.3 Å². The van der Waals surface area contributed by atoms with Gasteiger partial charge in [-0.3, -0.25) is 9.59 Å². The number of fused-ring (bicyclic) bond motifs is 3. The van der Waals surface area contributed by atoms with Crippen LogP contribution in [0.25, 0.3) is 22.3 Å². The molecule has 38 heavy (non-hydrogen) atoms. The average Bonchev–Trinajstić information content (AvgIpc) is 3.63. The molecule has 1 saturated carbocycles. The fourth-order valence-corrected chi connectivity index (χ4v) is 5.60. The Kier molecular flexibility index (Phi) is 5.68. The summed E-state index contributed by atoms with van der Waals surface area (Å²) in [6.07, 6.45) is 4.26. The molecule has 1 saturated heterocycles. The molecule has 190 valence electrons. The lowest BCUT2D eigenvalue weighted by Gasteiger charge is -2.33. The first kappa shape index (κ1) is 23.5. The maximum absolute atomic E-state index is 15.5. The number of nitriles is 1. The normalized spacial score (nSPS) is 20.0. The zero-order chi connectivity index (χ0) is 26.4. The van der Waals surface area contributed by atoms with Crippen LogP contribution in [0, 0.1) is 23.1 Å². The molecule has 3 atom stereocenters. The molecular formula is C26H22FN9O2. The predicted molar refractivity (Wildman–Crippen MR) is 135 cm³/mol. The molecule has 12 heteroatoms. The van der Waals surface area contributed by atoms with Crippen LogP contribution in [0.4, 0.5) is 16.0 Å². The molecule has 2 fully saturated rings. The van der Waals surface area contributed by atoms with Gasteiger partial charge in [0.05, 0.1) is 23.5 Å². The molecule has 4 heterocycles. The minimum absolute atomic E-state index is 0.115. The van der Waals surface area contributed by atoms with Crippen LogP contribution in [-0.4, -0.2) is 54.0 Å². The monoisotopic (exact) mass is 511 g/mol. The lowest BCUT2D eigenvalue weighted by Crippen LogP contribution is -2.43. The molecule has 2 amide bonds. The lowest BCUT2D eigenvalue weighted by atomic mass is 10.0. The third-order valence-electron chi connectivity index (χ3n) is 7.22. The summed E-state index contributed by atoms with van der Waals surface area (Å²) in [5, 5.41) is 16.8. The van der Waals surface area contributed by atoms with E-state index in [9.17, 15) is 9.59 Å². The number of anilines is 2. The van der Waals surface area contributed by atoms with Crippen LogP contribution < -0.4 is 11.1 Å². The maximum atomic E-state index is 15.5.